The number of hydrogen-bond acceptors (Lipinski definition) is 4. The minimum absolute atomic E-state index is 0.0491. The van der Waals surface area contributed by atoms with E-state index >= 15 is 8.78 Å². The van der Waals surface area contributed by atoms with Crippen molar-refractivity contribution in [1.29, 1.82) is 0 Å². The molecule has 1 heterocycles. The highest BCUT2D eigenvalue weighted by Gasteiger charge is 2.39. The lowest BCUT2D eigenvalue weighted by molar-refractivity contribution is -0.139. The number of rotatable bonds is 11. The Balaban J connectivity index is 2.22. The zero-order chi connectivity index (χ0) is 34.9. The molecule has 1 amide bonds. The van der Waals surface area contributed by atoms with E-state index in [9.17, 15) is 32.7 Å². The maximum absolute atomic E-state index is 15.6. The maximum atomic E-state index is 15.6. The number of aromatic nitrogens is 1. The molecule has 1 unspecified atom stereocenters. The molecule has 46 heavy (non-hydrogen) atoms. The number of halogens is 5. The van der Waals surface area contributed by atoms with Gasteiger partial charge < -0.3 is 19.9 Å². The molecule has 13 heteroatoms. The van der Waals surface area contributed by atoms with E-state index < -0.39 is 64.0 Å². The van der Waals surface area contributed by atoms with Crippen LogP contribution in [0.25, 0.3) is 11.1 Å². The van der Waals surface area contributed by atoms with Crippen molar-refractivity contribution in [1.82, 2.24) is 14.8 Å². The van der Waals surface area contributed by atoms with E-state index in [-0.39, 0.29) is 30.0 Å². The second kappa shape index (κ2) is 13.9. The van der Waals surface area contributed by atoms with E-state index in [0.29, 0.717) is 11.6 Å². The van der Waals surface area contributed by atoms with Gasteiger partial charge in [0.1, 0.15) is 6.04 Å². The maximum Gasteiger partial charge on any atom is 0.416 e. The summed E-state index contributed by atoms with van der Waals surface area (Å²) in [7, 11) is 6.34. The first-order chi connectivity index (χ1) is 21.1. The summed E-state index contributed by atoms with van der Waals surface area (Å²) in [5.74, 6) is -5.45. The number of hydrogen-bond donors (Lipinski definition) is 2. The van der Waals surface area contributed by atoms with Crippen molar-refractivity contribution in [2.75, 3.05) is 14.1 Å². The minimum Gasteiger partial charge on any atom is -0.481 e. The smallest absolute Gasteiger partial charge is 0.416 e. The molecular formula is C33H37F5N3O4Si. The Morgan fingerprint density at radius 3 is 2.09 bits per heavy atom. The topological polar surface area (TPSA) is 91.6 Å². The van der Waals surface area contributed by atoms with E-state index in [1.807, 2.05) is 19.1 Å². The number of pyridine rings is 1. The van der Waals surface area contributed by atoms with Crippen molar-refractivity contribution in [3.8, 4) is 11.1 Å². The number of amides is 1. The van der Waals surface area contributed by atoms with Gasteiger partial charge in [-0.3, -0.25) is 14.4 Å². The van der Waals surface area contributed by atoms with E-state index in [1.165, 1.54) is 11.0 Å². The summed E-state index contributed by atoms with van der Waals surface area (Å²) in [6, 6.07) is 4.92. The first-order valence-corrected chi connectivity index (χ1v) is 15.0. The second-order valence-electron chi connectivity index (χ2n) is 12.4. The second-order valence-corrected chi connectivity index (χ2v) is 13.3. The van der Waals surface area contributed by atoms with Gasteiger partial charge in [0, 0.05) is 24.4 Å². The number of nitrogens with one attached hydrogen (secondary N) is 1. The van der Waals surface area contributed by atoms with Crippen molar-refractivity contribution in [3.05, 3.63) is 91.9 Å². The highest BCUT2D eigenvalue weighted by atomic mass is 28.1. The van der Waals surface area contributed by atoms with Gasteiger partial charge in [0.05, 0.1) is 27.4 Å². The molecule has 1 aromatic heterocycles. The van der Waals surface area contributed by atoms with Crippen molar-refractivity contribution in [3.63, 3.8) is 0 Å². The Hall–Kier alpha value is -3.84. The van der Waals surface area contributed by atoms with Crippen LogP contribution in [0.1, 0.15) is 66.1 Å². The highest BCUT2D eigenvalue weighted by molar-refractivity contribution is 6.18. The zero-order valence-corrected chi connectivity index (χ0v) is 27.7. The number of alkyl halides is 3. The zero-order valence-electron chi connectivity index (χ0n) is 26.7. The Bertz CT molecular complexity index is 1680. The standard InChI is InChI=1S/C33H37F5N3O4Si/c1-17(2)8-26(41-16-22(15-40(6)7)23(13-27(41)42)33(36,37)38)31(45)39-32(46,14-28(43)44)24-11-21(12-25(34)30(24)35)29-19(4)9-18(3)10-20(29)5/h9-13,16-17,26H,8,14-15H2,1-7H3,(H,39,45)(H,43,44)/t26?,32-/m0/s1. The Labute approximate surface area is 267 Å². The van der Waals surface area contributed by atoms with Gasteiger partial charge in [-0.25, -0.2) is 8.78 Å². The fourth-order valence-corrected chi connectivity index (χ4v) is 6.22. The van der Waals surface area contributed by atoms with Gasteiger partial charge in [0.25, 0.3) is 5.56 Å². The molecule has 3 aromatic rings. The van der Waals surface area contributed by atoms with Crippen LogP contribution < -0.4 is 10.9 Å². The van der Waals surface area contributed by atoms with Crippen LogP contribution >= 0.6 is 0 Å². The third-order valence-corrected chi connectivity index (χ3v) is 8.07. The van der Waals surface area contributed by atoms with Crippen molar-refractivity contribution in [2.24, 2.45) is 5.92 Å². The first kappa shape index (κ1) is 36.6. The molecule has 2 aromatic carbocycles. The van der Waals surface area contributed by atoms with Crippen molar-refractivity contribution < 1.29 is 36.6 Å². The Kier molecular flexibility index (Phi) is 11.0. The lowest BCUT2D eigenvalue weighted by Crippen LogP contribution is -2.52. The average Bonchev–Trinajstić information content (AvgIpc) is 2.87. The van der Waals surface area contributed by atoms with Gasteiger partial charge in [-0.2, -0.15) is 13.2 Å². The number of carboxylic acids is 1. The molecular weight excluding hydrogens is 625 g/mol. The molecule has 0 spiro atoms. The molecule has 3 rings (SSSR count). The van der Waals surface area contributed by atoms with E-state index in [2.05, 4.69) is 15.6 Å². The van der Waals surface area contributed by atoms with E-state index in [4.69, 9.17) is 0 Å². The molecule has 0 bridgehead atoms. The SMILES string of the molecule is Cc1cc(C)c(-c2cc(F)c(F)c([C@@]([Si])(CC(=O)O)NC(=O)C(CC(C)C)n3cc(CN(C)C)c(C(F)(F)F)cc3=O)c2)c(C)c1. The van der Waals surface area contributed by atoms with Crippen LogP contribution in [0, 0.1) is 38.3 Å². The largest absolute Gasteiger partial charge is 0.481 e. The molecule has 2 atom stereocenters. The molecule has 0 saturated carbocycles. The van der Waals surface area contributed by atoms with Crippen LogP contribution in [0.3, 0.4) is 0 Å². The molecule has 247 valence electrons. The highest BCUT2D eigenvalue weighted by Crippen LogP contribution is 2.36. The predicted octanol–water partition coefficient (Wildman–Crippen LogP) is 6.00. The summed E-state index contributed by atoms with van der Waals surface area (Å²) in [5.41, 5.74) is 0.218. The summed E-state index contributed by atoms with van der Waals surface area (Å²) in [5, 5.41) is 10.0. The molecule has 0 aliphatic rings. The number of aryl methyl sites for hydroxylation is 3. The average molecular weight is 663 g/mol. The lowest BCUT2D eigenvalue weighted by Gasteiger charge is -2.34. The summed E-state index contributed by atoms with van der Waals surface area (Å²) < 4.78 is 73.1. The van der Waals surface area contributed by atoms with Gasteiger partial charge in [0.2, 0.25) is 5.91 Å². The lowest BCUT2D eigenvalue weighted by atomic mass is 9.90. The molecule has 0 saturated heterocycles. The molecule has 0 aliphatic carbocycles. The minimum atomic E-state index is -4.84. The normalized spacial score (nSPS) is 14.0. The number of nitrogens with zero attached hydrogens (tertiary/aromatic N) is 2. The first-order valence-electron chi connectivity index (χ1n) is 14.5. The van der Waals surface area contributed by atoms with Gasteiger partial charge in [-0.05, 0) is 87.2 Å². The number of carbonyl (C=O) groups is 2. The van der Waals surface area contributed by atoms with E-state index in [0.717, 1.165) is 33.5 Å². The number of carboxylic acid groups (broad SMARTS) is 1. The van der Waals surface area contributed by atoms with Gasteiger partial charge >= 0.3 is 12.1 Å². The molecule has 2 N–H and O–H groups in total. The molecule has 0 aliphatic heterocycles. The number of benzene rings is 2. The van der Waals surface area contributed by atoms with Crippen LogP contribution in [0.4, 0.5) is 22.0 Å². The number of carbonyl (C=O) groups excluding carboxylic acids is 1. The van der Waals surface area contributed by atoms with Crippen molar-refractivity contribution >= 4 is 22.1 Å². The monoisotopic (exact) mass is 662 g/mol. The summed E-state index contributed by atoms with van der Waals surface area (Å²) in [6.45, 7) is 8.70. The summed E-state index contributed by atoms with van der Waals surface area (Å²) in [4.78, 5) is 40.6. The van der Waals surface area contributed by atoms with Crippen LogP contribution in [-0.4, -0.2) is 50.8 Å². The predicted molar refractivity (Wildman–Crippen MR) is 165 cm³/mol. The fourth-order valence-electron chi connectivity index (χ4n) is 5.77. The van der Waals surface area contributed by atoms with Crippen LogP contribution in [0.15, 0.2) is 41.3 Å². The van der Waals surface area contributed by atoms with Crippen LogP contribution in [0.5, 0.6) is 0 Å². The van der Waals surface area contributed by atoms with Gasteiger partial charge in [-0.1, -0.05) is 31.5 Å². The third kappa shape index (κ3) is 8.29. The molecule has 3 radical (unpaired) electrons. The third-order valence-electron chi connectivity index (χ3n) is 7.49. The van der Waals surface area contributed by atoms with Crippen LogP contribution in [0.2, 0.25) is 0 Å². The van der Waals surface area contributed by atoms with Gasteiger partial charge in [-0.15, -0.1) is 0 Å². The number of aliphatic carboxylic acids is 1. The quantitative estimate of drug-likeness (QED) is 0.194. The van der Waals surface area contributed by atoms with Gasteiger partial charge in [0.15, 0.2) is 11.6 Å². The summed E-state index contributed by atoms with van der Waals surface area (Å²) >= 11 is 0. The Morgan fingerprint density at radius 1 is 1.00 bits per heavy atom. The van der Waals surface area contributed by atoms with Crippen LogP contribution in [-0.2, 0) is 27.5 Å². The molecule has 0 fully saturated rings. The van der Waals surface area contributed by atoms with Crippen molar-refractivity contribution in [2.45, 2.75) is 71.4 Å². The molecule has 7 nitrogen and oxygen atoms in total. The summed E-state index contributed by atoms with van der Waals surface area (Å²) in [6.07, 6.45) is -4.88. The van der Waals surface area contributed by atoms with E-state index in [1.54, 1.807) is 41.8 Å². The Morgan fingerprint density at radius 2 is 1.59 bits per heavy atom. The fraction of sp³-hybridized carbons (Fsp3) is 0.424.